The predicted octanol–water partition coefficient (Wildman–Crippen LogP) is 0.980. The lowest BCUT2D eigenvalue weighted by Gasteiger charge is -2.02. The summed E-state index contributed by atoms with van der Waals surface area (Å²) in [5.74, 6) is 0. The molecule has 0 aliphatic carbocycles. The van der Waals surface area contributed by atoms with E-state index in [2.05, 4.69) is 6.58 Å². The molecule has 0 unspecified atom stereocenters. The SMILES string of the molecule is C=CCCC[C@@H](O)C[N+](=O)[O-]. The van der Waals surface area contributed by atoms with E-state index in [1.165, 1.54) is 0 Å². The van der Waals surface area contributed by atoms with E-state index >= 15 is 0 Å². The van der Waals surface area contributed by atoms with Crippen LogP contribution in [0.3, 0.4) is 0 Å². The van der Waals surface area contributed by atoms with Crippen molar-refractivity contribution in [1.29, 1.82) is 0 Å². The van der Waals surface area contributed by atoms with Crippen LogP contribution in [0.25, 0.3) is 0 Å². The van der Waals surface area contributed by atoms with Crippen LogP contribution in [-0.2, 0) is 0 Å². The molecule has 0 heterocycles. The van der Waals surface area contributed by atoms with E-state index in [9.17, 15) is 10.1 Å². The van der Waals surface area contributed by atoms with Gasteiger partial charge in [-0.2, -0.15) is 0 Å². The van der Waals surface area contributed by atoms with Crippen molar-refractivity contribution in [3.8, 4) is 0 Å². The molecule has 1 atom stereocenters. The Hall–Kier alpha value is -0.900. The third-order valence-electron chi connectivity index (χ3n) is 1.31. The van der Waals surface area contributed by atoms with Crippen molar-refractivity contribution >= 4 is 0 Å². The van der Waals surface area contributed by atoms with Gasteiger partial charge in [0, 0.05) is 4.92 Å². The van der Waals surface area contributed by atoms with Crippen molar-refractivity contribution in [3.05, 3.63) is 22.8 Å². The van der Waals surface area contributed by atoms with Crippen LogP contribution in [0.15, 0.2) is 12.7 Å². The van der Waals surface area contributed by atoms with Gasteiger partial charge in [0.2, 0.25) is 6.54 Å². The number of hydrogen-bond donors (Lipinski definition) is 1. The maximum atomic E-state index is 9.87. The first-order valence-electron chi connectivity index (χ1n) is 3.57. The summed E-state index contributed by atoms with van der Waals surface area (Å²) in [4.78, 5) is 9.37. The number of aliphatic hydroxyl groups is 1. The lowest BCUT2D eigenvalue weighted by atomic mass is 10.1. The van der Waals surface area contributed by atoms with E-state index in [0.717, 1.165) is 12.8 Å². The Morgan fingerprint density at radius 2 is 2.36 bits per heavy atom. The average molecular weight is 159 g/mol. The van der Waals surface area contributed by atoms with E-state index in [4.69, 9.17) is 5.11 Å². The van der Waals surface area contributed by atoms with E-state index in [0.29, 0.717) is 6.42 Å². The van der Waals surface area contributed by atoms with Crippen molar-refractivity contribution < 1.29 is 10.0 Å². The highest BCUT2D eigenvalue weighted by Gasteiger charge is 2.09. The quantitative estimate of drug-likeness (QED) is 0.272. The van der Waals surface area contributed by atoms with Crippen LogP contribution >= 0.6 is 0 Å². The minimum Gasteiger partial charge on any atom is -0.386 e. The molecule has 0 aromatic carbocycles. The highest BCUT2D eigenvalue weighted by molar-refractivity contribution is 4.67. The van der Waals surface area contributed by atoms with Crippen LogP contribution < -0.4 is 0 Å². The first kappa shape index (κ1) is 10.1. The second-order valence-electron chi connectivity index (χ2n) is 2.39. The molecule has 0 aromatic heterocycles. The topological polar surface area (TPSA) is 63.4 Å². The maximum absolute atomic E-state index is 9.87. The molecule has 0 spiro atoms. The molecule has 0 radical (unpaired) electrons. The van der Waals surface area contributed by atoms with Crippen LogP contribution in [0.4, 0.5) is 0 Å². The molecule has 0 aliphatic rings. The third-order valence-corrected chi connectivity index (χ3v) is 1.31. The lowest BCUT2D eigenvalue weighted by molar-refractivity contribution is -0.490. The molecule has 0 aliphatic heterocycles. The van der Waals surface area contributed by atoms with Crippen molar-refractivity contribution in [2.75, 3.05) is 6.54 Å². The summed E-state index contributed by atoms with van der Waals surface area (Å²) in [5.41, 5.74) is 0. The standard InChI is InChI=1S/C7H13NO3/c1-2-3-4-5-7(9)6-8(10)11/h2,7,9H,1,3-6H2/t7-/m1/s1. The molecule has 64 valence electrons. The first-order valence-corrected chi connectivity index (χ1v) is 3.57. The molecule has 0 aromatic rings. The zero-order chi connectivity index (χ0) is 8.69. The Kier molecular flexibility index (Phi) is 5.37. The van der Waals surface area contributed by atoms with Gasteiger partial charge in [-0.25, -0.2) is 0 Å². The van der Waals surface area contributed by atoms with Crippen LogP contribution in [-0.4, -0.2) is 22.7 Å². The van der Waals surface area contributed by atoms with Gasteiger partial charge in [0.25, 0.3) is 0 Å². The number of unbranched alkanes of at least 4 members (excludes halogenated alkanes) is 1. The molecule has 0 rings (SSSR count). The number of nitro groups is 1. The van der Waals surface area contributed by atoms with Gasteiger partial charge >= 0.3 is 0 Å². The van der Waals surface area contributed by atoms with Gasteiger partial charge in [-0.1, -0.05) is 6.08 Å². The second kappa shape index (κ2) is 5.85. The van der Waals surface area contributed by atoms with Crippen LogP contribution in [0, 0.1) is 10.1 Å². The fraction of sp³-hybridized carbons (Fsp3) is 0.714. The zero-order valence-corrected chi connectivity index (χ0v) is 6.40. The summed E-state index contributed by atoms with van der Waals surface area (Å²) in [6.45, 7) is 3.15. The molecule has 0 amide bonds. The van der Waals surface area contributed by atoms with E-state index in [1.807, 2.05) is 0 Å². The summed E-state index contributed by atoms with van der Waals surface area (Å²) in [7, 11) is 0. The minimum atomic E-state index is -0.801. The van der Waals surface area contributed by atoms with Crippen molar-refractivity contribution in [2.45, 2.75) is 25.4 Å². The Morgan fingerprint density at radius 1 is 1.73 bits per heavy atom. The molecule has 4 nitrogen and oxygen atoms in total. The fourth-order valence-corrected chi connectivity index (χ4v) is 0.761. The third kappa shape index (κ3) is 6.99. The molecule has 0 saturated carbocycles. The maximum Gasteiger partial charge on any atom is 0.229 e. The molecule has 11 heavy (non-hydrogen) atoms. The van der Waals surface area contributed by atoms with Gasteiger partial charge in [-0.05, 0) is 19.3 Å². The smallest absolute Gasteiger partial charge is 0.229 e. The monoisotopic (exact) mass is 159 g/mol. The van der Waals surface area contributed by atoms with Gasteiger partial charge < -0.3 is 5.11 Å². The Morgan fingerprint density at radius 3 is 2.82 bits per heavy atom. The van der Waals surface area contributed by atoms with Crippen molar-refractivity contribution in [1.82, 2.24) is 0 Å². The number of hydrogen-bond acceptors (Lipinski definition) is 3. The van der Waals surface area contributed by atoms with Crippen molar-refractivity contribution in [2.24, 2.45) is 0 Å². The molecule has 0 fully saturated rings. The second-order valence-corrected chi connectivity index (χ2v) is 2.39. The summed E-state index contributed by atoms with van der Waals surface area (Å²) in [6, 6.07) is 0. The summed E-state index contributed by atoms with van der Waals surface area (Å²) >= 11 is 0. The predicted molar refractivity (Wildman–Crippen MR) is 41.9 cm³/mol. The Balaban J connectivity index is 3.28. The van der Waals surface area contributed by atoms with Gasteiger partial charge in [0.15, 0.2) is 0 Å². The summed E-state index contributed by atoms with van der Waals surface area (Å²) < 4.78 is 0. The average Bonchev–Trinajstić information content (AvgIpc) is 1.86. The highest BCUT2D eigenvalue weighted by Crippen LogP contribution is 2.00. The number of allylic oxidation sites excluding steroid dienone is 1. The molecule has 0 saturated heterocycles. The zero-order valence-electron chi connectivity index (χ0n) is 6.40. The van der Waals surface area contributed by atoms with E-state index in [-0.39, 0.29) is 6.54 Å². The number of rotatable bonds is 6. The Labute approximate surface area is 65.7 Å². The Bertz CT molecular complexity index is 136. The van der Waals surface area contributed by atoms with E-state index in [1.54, 1.807) is 6.08 Å². The highest BCUT2D eigenvalue weighted by atomic mass is 16.6. The van der Waals surface area contributed by atoms with Crippen LogP contribution in [0.2, 0.25) is 0 Å². The van der Waals surface area contributed by atoms with Gasteiger partial charge in [0.05, 0.1) is 0 Å². The van der Waals surface area contributed by atoms with Gasteiger partial charge in [-0.3, -0.25) is 10.1 Å². The fourth-order valence-electron chi connectivity index (χ4n) is 0.761. The normalized spacial score (nSPS) is 12.5. The largest absolute Gasteiger partial charge is 0.386 e. The van der Waals surface area contributed by atoms with Crippen molar-refractivity contribution in [3.63, 3.8) is 0 Å². The lowest BCUT2D eigenvalue weighted by Crippen LogP contribution is -2.18. The molecule has 4 heteroatoms. The van der Waals surface area contributed by atoms with Crippen LogP contribution in [0.1, 0.15) is 19.3 Å². The molecular weight excluding hydrogens is 146 g/mol. The molecular formula is C7H13NO3. The van der Waals surface area contributed by atoms with Gasteiger partial charge in [-0.15, -0.1) is 6.58 Å². The molecule has 1 N–H and O–H groups in total. The van der Waals surface area contributed by atoms with Gasteiger partial charge in [0.1, 0.15) is 6.10 Å². The van der Waals surface area contributed by atoms with E-state index < -0.39 is 11.0 Å². The number of aliphatic hydroxyl groups excluding tert-OH is 1. The van der Waals surface area contributed by atoms with Crippen LogP contribution in [0.5, 0.6) is 0 Å². The first-order chi connectivity index (χ1) is 5.16. The minimum absolute atomic E-state index is 0.350. The summed E-state index contributed by atoms with van der Waals surface area (Å²) in [5, 5.41) is 18.8. The molecule has 0 bridgehead atoms. The summed E-state index contributed by atoms with van der Waals surface area (Å²) in [6.07, 6.45) is 2.98. The number of nitrogens with zero attached hydrogens (tertiary/aromatic N) is 1.